The summed E-state index contributed by atoms with van der Waals surface area (Å²) in [7, 11) is 0. The topological polar surface area (TPSA) is 49.5 Å². The number of hydrogen-bond donors (Lipinski definition) is 2. The molecule has 3 rings (SSSR count). The normalized spacial score (nSPS) is 15.1. The molecule has 0 aromatic heterocycles. The summed E-state index contributed by atoms with van der Waals surface area (Å²) in [5, 5.41) is 9.96. The fraction of sp³-hybridized carbons (Fsp3) is 0.294. The molecule has 1 aliphatic rings. The van der Waals surface area contributed by atoms with Crippen LogP contribution in [0.25, 0.3) is 0 Å². The van der Waals surface area contributed by atoms with Crippen molar-refractivity contribution in [2.24, 2.45) is 0 Å². The maximum absolute atomic E-state index is 9.96. The van der Waals surface area contributed by atoms with Gasteiger partial charge in [0.15, 0.2) is 0 Å². The molecule has 3 N–H and O–H groups in total. The average Bonchev–Trinajstić information content (AvgIpc) is 2.44. The van der Waals surface area contributed by atoms with Crippen molar-refractivity contribution in [2.75, 3.05) is 12.3 Å². The van der Waals surface area contributed by atoms with Gasteiger partial charge < -0.3 is 10.8 Å². The van der Waals surface area contributed by atoms with E-state index in [1.165, 1.54) is 16.7 Å². The first-order valence-electron chi connectivity index (χ1n) is 7.00. The number of benzene rings is 2. The standard InChI is InChI=1S/C17H20N2O/c1-12-5-6-17(20)14(9-12)10-19-8-7-13-3-2-4-16(18)15(13)11-19/h2-6,9,20H,7-8,10-11,18H2,1H3. The number of nitrogens with two attached hydrogens (primary N) is 1. The molecule has 0 saturated carbocycles. The smallest absolute Gasteiger partial charge is 0.120 e. The fourth-order valence-corrected chi connectivity index (χ4v) is 2.88. The van der Waals surface area contributed by atoms with Crippen molar-refractivity contribution < 1.29 is 5.11 Å². The Morgan fingerprint density at radius 3 is 2.95 bits per heavy atom. The van der Waals surface area contributed by atoms with Crippen molar-refractivity contribution in [1.82, 2.24) is 4.90 Å². The van der Waals surface area contributed by atoms with E-state index in [1.54, 1.807) is 6.07 Å². The molecule has 0 saturated heterocycles. The summed E-state index contributed by atoms with van der Waals surface area (Å²) in [4.78, 5) is 2.34. The number of nitrogens with zero attached hydrogens (tertiary/aromatic N) is 1. The Morgan fingerprint density at radius 1 is 1.25 bits per heavy atom. The summed E-state index contributed by atoms with van der Waals surface area (Å²) in [5.74, 6) is 0.377. The van der Waals surface area contributed by atoms with Gasteiger partial charge in [-0.15, -0.1) is 0 Å². The van der Waals surface area contributed by atoms with E-state index in [2.05, 4.69) is 17.0 Å². The monoisotopic (exact) mass is 268 g/mol. The van der Waals surface area contributed by atoms with E-state index in [0.717, 1.165) is 37.3 Å². The lowest BCUT2D eigenvalue weighted by Crippen LogP contribution is -2.30. The number of aryl methyl sites for hydroxylation is 1. The molecule has 0 spiro atoms. The summed E-state index contributed by atoms with van der Waals surface area (Å²) in [5.41, 5.74) is 11.7. The lowest BCUT2D eigenvalue weighted by atomic mass is 9.97. The predicted molar refractivity (Wildman–Crippen MR) is 81.5 cm³/mol. The van der Waals surface area contributed by atoms with E-state index >= 15 is 0 Å². The van der Waals surface area contributed by atoms with Gasteiger partial charge in [0.1, 0.15) is 5.75 Å². The third-order valence-corrected chi connectivity index (χ3v) is 4.02. The fourth-order valence-electron chi connectivity index (χ4n) is 2.88. The molecule has 0 fully saturated rings. The Hall–Kier alpha value is -2.00. The predicted octanol–water partition coefficient (Wildman–Crippen LogP) is 2.84. The molecule has 0 atom stereocenters. The maximum Gasteiger partial charge on any atom is 0.120 e. The van der Waals surface area contributed by atoms with E-state index in [1.807, 2.05) is 25.1 Å². The van der Waals surface area contributed by atoms with Crippen LogP contribution in [0.4, 0.5) is 5.69 Å². The van der Waals surface area contributed by atoms with E-state index in [4.69, 9.17) is 5.73 Å². The van der Waals surface area contributed by atoms with Crippen molar-refractivity contribution in [2.45, 2.75) is 26.4 Å². The highest BCUT2D eigenvalue weighted by Crippen LogP contribution is 2.27. The van der Waals surface area contributed by atoms with Crippen LogP contribution in [-0.4, -0.2) is 16.6 Å². The van der Waals surface area contributed by atoms with E-state index < -0.39 is 0 Å². The molecule has 104 valence electrons. The van der Waals surface area contributed by atoms with Gasteiger partial charge in [-0.05, 0) is 36.6 Å². The molecule has 3 nitrogen and oxygen atoms in total. The molecule has 0 radical (unpaired) electrons. The van der Waals surface area contributed by atoms with Crippen molar-refractivity contribution in [3.8, 4) is 5.75 Å². The lowest BCUT2D eigenvalue weighted by Gasteiger charge is -2.29. The van der Waals surface area contributed by atoms with E-state index in [0.29, 0.717) is 5.75 Å². The van der Waals surface area contributed by atoms with Crippen LogP contribution < -0.4 is 5.73 Å². The van der Waals surface area contributed by atoms with Gasteiger partial charge in [-0.25, -0.2) is 0 Å². The van der Waals surface area contributed by atoms with Crippen LogP contribution in [0, 0.1) is 6.92 Å². The lowest BCUT2D eigenvalue weighted by molar-refractivity contribution is 0.243. The highest BCUT2D eigenvalue weighted by atomic mass is 16.3. The summed E-state index contributed by atoms with van der Waals surface area (Å²) < 4.78 is 0. The molecule has 1 aliphatic heterocycles. The summed E-state index contributed by atoms with van der Waals surface area (Å²) in [6, 6.07) is 11.9. The number of hydrogen-bond acceptors (Lipinski definition) is 3. The Bertz CT molecular complexity index is 637. The average molecular weight is 268 g/mol. The Kier molecular flexibility index (Phi) is 3.36. The zero-order chi connectivity index (χ0) is 14.1. The second-order valence-corrected chi connectivity index (χ2v) is 5.58. The van der Waals surface area contributed by atoms with Crippen LogP contribution in [0.2, 0.25) is 0 Å². The first-order chi connectivity index (χ1) is 9.63. The number of anilines is 1. The van der Waals surface area contributed by atoms with Gasteiger partial charge in [-0.2, -0.15) is 0 Å². The van der Waals surface area contributed by atoms with Crippen molar-refractivity contribution >= 4 is 5.69 Å². The van der Waals surface area contributed by atoms with E-state index in [-0.39, 0.29) is 0 Å². The Balaban J connectivity index is 1.81. The maximum atomic E-state index is 9.96. The summed E-state index contributed by atoms with van der Waals surface area (Å²) >= 11 is 0. The van der Waals surface area contributed by atoms with Crippen molar-refractivity contribution in [3.05, 3.63) is 58.7 Å². The van der Waals surface area contributed by atoms with Gasteiger partial charge in [0.05, 0.1) is 0 Å². The van der Waals surface area contributed by atoms with Crippen LogP contribution in [-0.2, 0) is 19.5 Å². The van der Waals surface area contributed by atoms with Gasteiger partial charge in [-0.1, -0.05) is 29.8 Å². The van der Waals surface area contributed by atoms with Gasteiger partial charge in [0.25, 0.3) is 0 Å². The molecule has 1 heterocycles. The number of phenolic OH excluding ortho intramolecular Hbond substituents is 1. The molecule has 0 aliphatic carbocycles. The minimum absolute atomic E-state index is 0.377. The number of nitrogen functional groups attached to an aromatic ring is 1. The first-order valence-corrected chi connectivity index (χ1v) is 7.00. The van der Waals surface area contributed by atoms with Crippen LogP contribution in [0.3, 0.4) is 0 Å². The van der Waals surface area contributed by atoms with Crippen LogP contribution in [0.5, 0.6) is 5.75 Å². The van der Waals surface area contributed by atoms with Crippen molar-refractivity contribution in [1.29, 1.82) is 0 Å². The molecule has 2 aromatic rings. The Morgan fingerprint density at radius 2 is 2.10 bits per heavy atom. The zero-order valence-corrected chi connectivity index (χ0v) is 11.8. The minimum Gasteiger partial charge on any atom is -0.508 e. The molecule has 0 unspecified atom stereocenters. The molecule has 3 heteroatoms. The highest BCUT2D eigenvalue weighted by molar-refractivity contribution is 5.51. The molecule has 2 aromatic carbocycles. The van der Waals surface area contributed by atoms with Gasteiger partial charge in [-0.3, -0.25) is 4.90 Å². The molecular formula is C17H20N2O. The number of aromatic hydroxyl groups is 1. The van der Waals surface area contributed by atoms with Gasteiger partial charge in [0, 0.05) is 30.9 Å². The van der Waals surface area contributed by atoms with Crippen molar-refractivity contribution in [3.63, 3.8) is 0 Å². The molecule has 0 amide bonds. The molecular weight excluding hydrogens is 248 g/mol. The third kappa shape index (κ3) is 2.49. The first kappa shape index (κ1) is 13.0. The summed E-state index contributed by atoms with van der Waals surface area (Å²) in [6.45, 7) is 4.67. The summed E-state index contributed by atoms with van der Waals surface area (Å²) in [6.07, 6.45) is 1.02. The van der Waals surface area contributed by atoms with Gasteiger partial charge in [0.2, 0.25) is 0 Å². The largest absolute Gasteiger partial charge is 0.508 e. The number of rotatable bonds is 2. The zero-order valence-electron chi connectivity index (χ0n) is 11.8. The Labute approximate surface area is 119 Å². The van der Waals surface area contributed by atoms with E-state index in [9.17, 15) is 5.11 Å². The quantitative estimate of drug-likeness (QED) is 0.823. The SMILES string of the molecule is Cc1ccc(O)c(CN2CCc3cccc(N)c3C2)c1. The minimum atomic E-state index is 0.377. The van der Waals surface area contributed by atoms with Gasteiger partial charge >= 0.3 is 0 Å². The third-order valence-electron chi connectivity index (χ3n) is 4.02. The van der Waals surface area contributed by atoms with Crippen LogP contribution in [0.15, 0.2) is 36.4 Å². The van der Waals surface area contributed by atoms with Crippen LogP contribution >= 0.6 is 0 Å². The number of phenols is 1. The van der Waals surface area contributed by atoms with Crippen LogP contribution in [0.1, 0.15) is 22.3 Å². The molecule has 0 bridgehead atoms. The second-order valence-electron chi connectivity index (χ2n) is 5.58. The second kappa shape index (κ2) is 5.17. The molecule has 20 heavy (non-hydrogen) atoms. The highest BCUT2D eigenvalue weighted by Gasteiger charge is 2.18. The number of fused-ring (bicyclic) bond motifs is 1.